The molecule has 8 heteroatoms. The molecule has 2 aromatic carbocycles. The standard InChI is InChI=1S/C22H19FN4O2S/c1-28-19-6-4-18(5-7-19)27-21(15-9-11-24-12-10-15)25-26-22(27)30-14-16-13-17(23)3-8-20(16)29-2/h3-13H,14H2,1-2H3. The van der Waals surface area contributed by atoms with Crippen molar-refractivity contribution >= 4 is 11.8 Å². The van der Waals surface area contributed by atoms with E-state index in [4.69, 9.17) is 9.47 Å². The smallest absolute Gasteiger partial charge is 0.196 e. The summed E-state index contributed by atoms with van der Waals surface area (Å²) in [5, 5.41) is 9.48. The van der Waals surface area contributed by atoms with Crippen molar-refractivity contribution in [3.8, 4) is 28.6 Å². The summed E-state index contributed by atoms with van der Waals surface area (Å²) in [6.07, 6.45) is 3.43. The first-order chi connectivity index (χ1) is 14.7. The summed E-state index contributed by atoms with van der Waals surface area (Å²) in [5.74, 6) is 2.26. The van der Waals surface area contributed by atoms with Crippen molar-refractivity contribution in [2.45, 2.75) is 10.9 Å². The minimum absolute atomic E-state index is 0.305. The molecule has 0 aliphatic carbocycles. The van der Waals surface area contributed by atoms with E-state index in [2.05, 4.69) is 15.2 Å². The zero-order valence-electron chi connectivity index (χ0n) is 16.4. The third kappa shape index (κ3) is 4.13. The molecule has 30 heavy (non-hydrogen) atoms. The van der Waals surface area contributed by atoms with Gasteiger partial charge in [-0.1, -0.05) is 11.8 Å². The van der Waals surface area contributed by atoms with Crippen LogP contribution < -0.4 is 9.47 Å². The van der Waals surface area contributed by atoms with Crippen LogP contribution in [0.4, 0.5) is 4.39 Å². The molecule has 2 aromatic heterocycles. The second kappa shape index (κ2) is 8.96. The average Bonchev–Trinajstić information content (AvgIpc) is 3.22. The highest BCUT2D eigenvalue weighted by Gasteiger charge is 2.17. The fraction of sp³-hybridized carbons (Fsp3) is 0.136. The number of thioether (sulfide) groups is 1. The highest BCUT2D eigenvalue weighted by atomic mass is 32.2. The lowest BCUT2D eigenvalue weighted by Gasteiger charge is -2.12. The van der Waals surface area contributed by atoms with Gasteiger partial charge in [-0.25, -0.2) is 4.39 Å². The molecular weight excluding hydrogens is 403 g/mol. The average molecular weight is 422 g/mol. The first-order valence-corrected chi connectivity index (χ1v) is 10.1. The van der Waals surface area contributed by atoms with Crippen LogP contribution in [0.5, 0.6) is 11.5 Å². The van der Waals surface area contributed by atoms with Gasteiger partial charge in [0, 0.05) is 35.0 Å². The van der Waals surface area contributed by atoms with E-state index in [0.29, 0.717) is 22.5 Å². The minimum atomic E-state index is -0.305. The van der Waals surface area contributed by atoms with Crippen molar-refractivity contribution in [3.05, 3.63) is 78.4 Å². The van der Waals surface area contributed by atoms with E-state index in [1.54, 1.807) is 32.7 Å². The Morgan fingerprint density at radius 2 is 1.70 bits per heavy atom. The Balaban J connectivity index is 1.73. The molecule has 0 aliphatic heterocycles. The fourth-order valence-electron chi connectivity index (χ4n) is 3.02. The maximum Gasteiger partial charge on any atom is 0.196 e. The van der Waals surface area contributed by atoms with Crippen molar-refractivity contribution in [2.75, 3.05) is 14.2 Å². The second-order valence-corrected chi connectivity index (χ2v) is 7.26. The highest BCUT2D eigenvalue weighted by Crippen LogP contribution is 2.32. The van der Waals surface area contributed by atoms with Crippen LogP contribution in [0.15, 0.2) is 72.1 Å². The number of halogens is 1. The van der Waals surface area contributed by atoms with Crippen molar-refractivity contribution < 1.29 is 13.9 Å². The first kappa shape index (κ1) is 19.9. The molecule has 4 aromatic rings. The Hall–Kier alpha value is -3.39. The van der Waals surface area contributed by atoms with E-state index in [9.17, 15) is 4.39 Å². The number of hydrogen-bond acceptors (Lipinski definition) is 6. The Kier molecular flexibility index (Phi) is 5.94. The van der Waals surface area contributed by atoms with E-state index in [-0.39, 0.29) is 5.82 Å². The summed E-state index contributed by atoms with van der Waals surface area (Å²) >= 11 is 1.45. The second-order valence-electron chi connectivity index (χ2n) is 6.32. The summed E-state index contributed by atoms with van der Waals surface area (Å²) in [5.41, 5.74) is 2.53. The number of hydrogen-bond donors (Lipinski definition) is 0. The van der Waals surface area contributed by atoms with Crippen molar-refractivity contribution in [1.82, 2.24) is 19.7 Å². The van der Waals surface area contributed by atoms with Crippen LogP contribution in [-0.2, 0) is 5.75 Å². The molecule has 0 aliphatic rings. The van der Waals surface area contributed by atoms with Gasteiger partial charge < -0.3 is 9.47 Å². The van der Waals surface area contributed by atoms with Gasteiger partial charge in [0.2, 0.25) is 0 Å². The summed E-state index contributed by atoms with van der Waals surface area (Å²) in [7, 11) is 3.20. The third-order valence-electron chi connectivity index (χ3n) is 4.50. The van der Waals surface area contributed by atoms with Crippen LogP contribution in [0, 0.1) is 5.82 Å². The number of methoxy groups -OCH3 is 2. The number of rotatable bonds is 7. The molecule has 0 bridgehead atoms. The molecule has 0 radical (unpaired) electrons. The van der Waals surface area contributed by atoms with Crippen LogP contribution >= 0.6 is 11.8 Å². The van der Waals surface area contributed by atoms with Gasteiger partial charge >= 0.3 is 0 Å². The largest absolute Gasteiger partial charge is 0.497 e. The maximum atomic E-state index is 13.7. The molecule has 2 heterocycles. The molecule has 0 spiro atoms. The van der Waals surface area contributed by atoms with Gasteiger partial charge in [0.15, 0.2) is 11.0 Å². The molecule has 0 saturated carbocycles. The third-order valence-corrected chi connectivity index (χ3v) is 5.48. The fourth-order valence-corrected chi connectivity index (χ4v) is 3.95. The number of benzene rings is 2. The Bertz CT molecular complexity index is 1130. The van der Waals surface area contributed by atoms with Crippen LogP contribution in [0.3, 0.4) is 0 Å². The summed E-state index contributed by atoms with van der Waals surface area (Å²) in [4.78, 5) is 4.08. The molecule has 0 amide bonds. The molecule has 152 valence electrons. The van der Waals surface area contributed by atoms with Gasteiger partial charge in [-0.2, -0.15) is 0 Å². The predicted octanol–water partition coefficient (Wildman–Crippen LogP) is 4.78. The normalized spacial score (nSPS) is 10.8. The quantitative estimate of drug-likeness (QED) is 0.400. The van der Waals surface area contributed by atoms with E-state index in [0.717, 1.165) is 22.6 Å². The molecule has 0 N–H and O–H groups in total. The lowest BCUT2D eigenvalue weighted by atomic mass is 10.2. The van der Waals surface area contributed by atoms with Crippen molar-refractivity contribution in [2.24, 2.45) is 0 Å². The lowest BCUT2D eigenvalue weighted by molar-refractivity contribution is 0.410. The van der Waals surface area contributed by atoms with Crippen LogP contribution in [0.1, 0.15) is 5.56 Å². The number of ether oxygens (including phenoxy) is 2. The summed E-state index contributed by atoms with van der Waals surface area (Å²) < 4.78 is 26.3. The predicted molar refractivity (Wildman–Crippen MR) is 114 cm³/mol. The molecule has 0 saturated heterocycles. The molecule has 0 fully saturated rings. The van der Waals surface area contributed by atoms with Crippen LogP contribution in [0.2, 0.25) is 0 Å². The van der Waals surface area contributed by atoms with Gasteiger partial charge in [-0.3, -0.25) is 9.55 Å². The lowest BCUT2D eigenvalue weighted by Crippen LogP contribution is -2.00. The van der Waals surface area contributed by atoms with E-state index in [1.165, 1.54) is 23.9 Å². The molecule has 0 atom stereocenters. The molecular formula is C22H19FN4O2S. The van der Waals surface area contributed by atoms with Crippen molar-refractivity contribution in [1.29, 1.82) is 0 Å². The van der Waals surface area contributed by atoms with Crippen LogP contribution in [-0.4, -0.2) is 34.0 Å². The SMILES string of the molecule is COc1ccc(-n2c(SCc3cc(F)ccc3OC)nnc2-c2ccncc2)cc1. The van der Waals surface area contributed by atoms with E-state index < -0.39 is 0 Å². The van der Waals surface area contributed by atoms with E-state index in [1.807, 2.05) is 41.0 Å². The highest BCUT2D eigenvalue weighted by molar-refractivity contribution is 7.98. The maximum absolute atomic E-state index is 13.7. The van der Waals surface area contributed by atoms with Gasteiger partial charge in [-0.15, -0.1) is 10.2 Å². The summed E-state index contributed by atoms with van der Waals surface area (Å²) in [6.45, 7) is 0. The van der Waals surface area contributed by atoms with Crippen LogP contribution in [0.25, 0.3) is 17.1 Å². The van der Waals surface area contributed by atoms with Gasteiger partial charge in [0.1, 0.15) is 17.3 Å². The zero-order valence-corrected chi connectivity index (χ0v) is 17.3. The van der Waals surface area contributed by atoms with E-state index >= 15 is 0 Å². The number of aromatic nitrogens is 4. The Labute approximate surface area is 177 Å². The molecule has 4 rings (SSSR count). The Morgan fingerprint density at radius 1 is 0.933 bits per heavy atom. The topological polar surface area (TPSA) is 62.1 Å². The minimum Gasteiger partial charge on any atom is -0.497 e. The van der Waals surface area contributed by atoms with Gasteiger partial charge in [0.25, 0.3) is 0 Å². The number of pyridine rings is 1. The van der Waals surface area contributed by atoms with Gasteiger partial charge in [0.05, 0.1) is 14.2 Å². The summed E-state index contributed by atoms with van der Waals surface area (Å²) in [6, 6.07) is 15.9. The number of nitrogens with zero attached hydrogens (tertiary/aromatic N) is 4. The zero-order chi connectivity index (χ0) is 20.9. The van der Waals surface area contributed by atoms with Crippen molar-refractivity contribution in [3.63, 3.8) is 0 Å². The first-order valence-electron chi connectivity index (χ1n) is 9.15. The Morgan fingerprint density at radius 3 is 2.40 bits per heavy atom. The van der Waals surface area contributed by atoms with Gasteiger partial charge in [-0.05, 0) is 54.6 Å². The molecule has 6 nitrogen and oxygen atoms in total. The molecule has 0 unspecified atom stereocenters. The monoisotopic (exact) mass is 422 g/mol.